The summed E-state index contributed by atoms with van der Waals surface area (Å²) in [7, 11) is 2.24. The van der Waals surface area contributed by atoms with Crippen LogP contribution in [0.5, 0.6) is 0 Å². The van der Waals surface area contributed by atoms with Gasteiger partial charge >= 0.3 is 0 Å². The van der Waals surface area contributed by atoms with Crippen molar-refractivity contribution in [1.82, 2.24) is 4.90 Å². The highest BCUT2D eigenvalue weighted by atomic mass is 16.1. The smallest absolute Gasteiger partial charge is 0.269 e. The Bertz CT molecular complexity index is 614. The van der Waals surface area contributed by atoms with Gasteiger partial charge in [-0.2, -0.15) is 5.10 Å². The number of hydrogen-bond acceptors (Lipinski definition) is 4. The van der Waals surface area contributed by atoms with Gasteiger partial charge in [-0.1, -0.05) is 12.2 Å². The predicted molar refractivity (Wildman–Crippen MR) is 82.1 cm³/mol. The van der Waals surface area contributed by atoms with Crippen molar-refractivity contribution >= 4 is 17.3 Å². The maximum atomic E-state index is 11.6. The monoisotopic (exact) mass is 284 g/mol. The maximum Gasteiger partial charge on any atom is 0.269 e. The van der Waals surface area contributed by atoms with Crippen molar-refractivity contribution < 1.29 is 4.79 Å². The molecule has 3 aliphatic heterocycles. The zero-order chi connectivity index (χ0) is 14.6. The molecule has 21 heavy (non-hydrogen) atoms. The Labute approximate surface area is 124 Å². The second kappa shape index (κ2) is 4.63. The highest BCUT2D eigenvalue weighted by Crippen LogP contribution is 2.42. The second-order valence-electron chi connectivity index (χ2n) is 6.52. The highest BCUT2D eigenvalue weighted by Gasteiger charge is 2.41. The van der Waals surface area contributed by atoms with Crippen LogP contribution < -0.4 is 5.73 Å². The molecule has 1 aliphatic carbocycles. The predicted octanol–water partition coefficient (Wildman–Crippen LogP) is 1.41. The van der Waals surface area contributed by atoms with Gasteiger partial charge in [0, 0.05) is 24.1 Å². The van der Waals surface area contributed by atoms with Gasteiger partial charge in [-0.3, -0.25) is 4.79 Å². The minimum atomic E-state index is -0.465. The number of fused-ring (bicyclic) bond motifs is 3. The maximum absolute atomic E-state index is 11.6. The Hall–Kier alpha value is -1.75. The molecule has 3 atom stereocenters. The van der Waals surface area contributed by atoms with Crippen LogP contribution in [0.2, 0.25) is 0 Å². The van der Waals surface area contributed by atoms with E-state index in [1.165, 1.54) is 18.4 Å². The van der Waals surface area contributed by atoms with Gasteiger partial charge in [0.25, 0.3) is 5.91 Å². The summed E-state index contributed by atoms with van der Waals surface area (Å²) < 4.78 is 0. The number of hydrogen-bond donors (Lipinski definition) is 1. The van der Waals surface area contributed by atoms with Crippen LogP contribution in [0.25, 0.3) is 0 Å². The lowest BCUT2D eigenvalue weighted by Gasteiger charge is -2.37. The molecule has 2 saturated heterocycles. The number of nitrogens with two attached hydrogens (primary N) is 1. The third-order valence-electron chi connectivity index (χ3n) is 5.46. The van der Waals surface area contributed by atoms with Crippen molar-refractivity contribution in [3.63, 3.8) is 0 Å². The minimum Gasteiger partial charge on any atom is -0.364 e. The van der Waals surface area contributed by atoms with Crippen LogP contribution in [0.15, 0.2) is 33.5 Å². The summed E-state index contributed by atoms with van der Waals surface area (Å²) in [6, 6.07) is 1.35. The molecule has 4 rings (SSSR count). The average Bonchev–Trinajstić information content (AvgIpc) is 2.96. The van der Waals surface area contributed by atoms with Crippen LogP contribution in [-0.2, 0) is 4.79 Å². The van der Waals surface area contributed by atoms with E-state index in [4.69, 9.17) is 5.73 Å². The number of carbonyl (C=O) groups excluding carboxylic acids is 1. The summed E-state index contributed by atoms with van der Waals surface area (Å²) in [5.41, 5.74) is 8.91. The Morgan fingerprint density at radius 1 is 1.29 bits per heavy atom. The van der Waals surface area contributed by atoms with E-state index in [0.29, 0.717) is 23.7 Å². The summed E-state index contributed by atoms with van der Waals surface area (Å²) in [6.45, 7) is 0. The SMILES string of the molecule is CN1C2CC[C@@H]1CC(C1=C3C(=NN=C3C(N)=O)CC=C1)C2. The second-order valence-corrected chi connectivity index (χ2v) is 6.52. The third-order valence-corrected chi connectivity index (χ3v) is 5.46. The standard InChI is InChI=1S/C16H20N4O/c1-20-10-5-6-11(20)8-9(7-10)12-3-2-4-13-14(12)15(16(17)21)19-18-13/h2-3,9-11H,4-8H2,1H3,(H2,17,21)/t9?,10-,11?/m1/s1. The van der Waals surface area contributed by atoms with E-state index in [9.17, 15) is 4.79 Å². The van der Waals surface area contributed by atoms with Gasteiger partial charge in [-0.15, -0.1) is 5.10 Å². The summed E-state index contributed by atoms with van der Waals surface area (Å²) in [6.07, 6.45) is 9.97. The molecule has 0 aromatic heterocycles. The molecule has 5 nitrogen and oxygen atoms in total. The molecule has 0 aromatic rings. The first-order valence-electron chi connectivity index (χ1n) is 7.73. The van der Waals surface area contributed by atoms with E-state index in [0.717, 1.165) is 30.5 Å². The molecule has 2 bridgehead atoms. The van der Waals surface area contributed by atoms with Gasteiger partial charge in [0.05, 0.1) is 5.71 Å². The quantitative estimate of drug-likeness (QED) is 0.833. The van der Waals surface area contributed by atoms with E-state index in [-0.39, 0.29) is 0 Å². The summed E-state index contributed by atoms with van der Waals surface area (Å²) in [5.74, 6) is 0.0329. The van der Waals surface area contributed by atoms with Crippen molar-refractivity contribution in [2.75, 3.05) is 7.05 Å². The van der Waals surface area contributed by atoms with Crippen molar-refractivity contribution in [3.05, 3.63) is 23.3 Å². The lowest BCUT2D eigenvalue weighted by atomic mass is 9.78. The first-order chi connectivity index (χ1) is 10.1. The van der Waals surface area contributed by atoms with Crippen LogP contribution >= 0.6 is 0 Å². The molecule has 0 radical (unpaired) electrons. The van der Waals surface area contributed by atoms with Crippen molar-refractivity contribution in [2.24, 2.45) is 21.9 Å². The number of piperidine rings is 1. The molecule has 1 amide bonds. The number of allylic oxidation sites excluding steroid dienone is 3. The summed E-state index contributed by atoms with van der Waals surface area (Å²) in [5, 5.41) is 8.17. The number of nitrogens with zero attached hydrogens (tertiary/aromatic N) is 3. The number of amides is 1. The van der Waals surface area contributed by atoms with Gasteiger partial charge in [0.2, 0.25) is 0 Å². The fraction of sp³-hybridized carbons (Fsp3) is 0.562. The van der Waals surface area contributed by atoms with E-state index >= 15 is 0 Å². The van der Waals surface area contributed by atoms with E-state index in [2.05, 4.69) is 34.3 Å². The molecule has 110 valence electrons. The van der Waals surface area contributed by atoms with Crippen LogP contribution in [0.4, 0.5) is 0 Å². The molecule has 0 aromatic carbocycles. The Balaban J connectivity index is 1.72. The molecule has 4 aliphatic rings. The Morgan fingerprint density at radius 3 is 2.67 bits per heavy atom. The molecule has 3 heterocycles. The first-order valence-corrected chi connectivity index (χ1v) is 7.73. The van der Waals surface area contributed by atoms with Gasteiger partial charge < -0.3 is 10.6 Å². The first kappa shape index (κ1) is 13.0. The number of primary amides is 1. The van der Waals surface area contributed by atoms with Crippen LogP contribution in [0, 0.1) is 5.92 Å². The molecule has 0 saturated carbocycles. The van der Waals surface area contributed by atoms with Gasteiger partial charge in [-0.25, -0.2) is 0 Å². The van der Waals surface area contributed by atoms with E-state index in [1.807, 2.05) is 0 Å². The topological polar surface area (TPSA) is 71.1 Å². The van der Waals surface area contributed by atoms with E-state index < -0.39 is 5.91 Å². The lowest BCUT2D eigenvalue weighted by molar-refractivity contribution is -0.111. The van der Waals surface area contributed by atoms with Gasteiger partial charge in [-0.05, 0) is 44.2 Å². The lowest BCUT2D eigenvalue weighted by Crippen LogP contribution is -2.41. The average molecular weight is 284 g/mol. The molecule has 2 unspecified atom stereocenters. The molecular weight excluding hydrogens is 264 g/mol. The highest BCUT2D eigenvalue weighted by molar-refractivity contribution is 6.53. The molecule has 5 heteroatoms. The Kier molecular flexibility index (Phi) is 2.85. The summed E-state index contributed by atoms with van der Waals surface area (Å²) in [4.78, 5) is 14.2. The van der Waals surface area contributed by atoms with Crippen molar-refractivity contribution in [3.8, 4) is 0 Å². The largest absolute Gasteiger partial charge is 0.364 e. The Morgan fingerprint density at radius 2 is 2.00 bits per heavy atom. The normalized spacial score (nSPS) is 34.8. The van der Waals surface area contributed by atoms with Crippen molar-refractivity contribution in [1.29, 1.82) is 0 Å². The summed E-state index contributed by atoms with van der Waals surface area (Å²) >= 11 is 0. The van der Waals surface area contributed by atoms with Crippen LogP contribution in [-0.4, -0.2) is 41.4 Å². The zero-order valence-electron chi connectivity index (χ0n) is 12.2. The third kappa shape index (κ3) is 1.91. The number of rotatable bonds is 2. The fourth-order valence-electron chi connectivity index (χ4n) is 4.35. The fourth-order valence-corrected chi connectivity index (χ4v) is 4.35. The van der Waals surface area contributed by atoms with Crippen LogP contribution in [0.1, 0.15) is 32.1 Å². The van der Waals surface area contributed by atoms with Gasteiger partial charge in [0.15, 0.2) is 5.71 Å². The van der Waals surface area contributed by atoms with E-state index in [1.54, 1.807) is 0 Å². The molecule has 0 spiro atoms. The molecular formula is C16H20N4O. The van der Waals surface area contributed by atoms with Gasteiger partial charge in [0.1, 0.15) is 0 Å². The zero-order valence-corrected chi connectivity index (χ0v) is 12.2. The molecule has 2 N–H and O–H groups in total. The van der Waals surface area contributed by atoms with Crippen molar-refractivity contribution in [2.45, 2.75) is 44.2 Å². The van der Waals surface area contributed by atoms with Crippen LogP contribution in [0.3, 0.4) is 0 Å². The number of carbonyl (C=O) groups is 1. The minimum absolute atomic E-state index is 0.357. The molecule has 2 fully saturated rings.